The number of fused-ring (bicyclic) bond motifs is 10. The van der Waals surface area contributed by atoms with Gasteiger partial charge in [0.05, 0.1) is 65.3 Å². The summed E-state index contributed by atoms with van der Waals surface area (Å²) in [7, 11) is 13.5. The van der Waals surface area contributed by atoms with Crippen LogP contribution >= 0.6 is 0 Å². The van der Waals surface area contributed by atoms with Crippen molar-refractivity contribution >= 4 is 189 Å². The molecular formula is C95H56F6N10O22. The lowest BCUT2D eigenvalue weighted by Crippen LogP contribution is -2.40. The Kier molecular flexibility index (Phi) is 19.2. The smallest absolute Gasteiger partial charge is 0.289 e. The topological polar surface area (TPSA) is 415 Å². The van der Waals surface area contributed by atoms with Crippen LogP contribution in [0.1, 0.15) is 135 Å². The number of halogens is 6. The number of benzene rings is 13. The van der Waals surface area contributed by atoms with Crippen molar-refractivity contribution in [2.45, 2.75) is 11.8 Å². The van der Waals surface area contributed by atoms with Gasteiger partial charge in [0.2, 0.25) is 6.93 Å². The van der Waals surface area contributed by atoms with Gasteiger partial charge in [0.25, 0.3) is 121 Å². The van der Waals surface area contributed by atoms with Gasteiger partial charge >= 0.3 is 6.18 Å². The summed E-state index contributed by atoms with van der Waals surface area (Å²) in [6.45, 7) is -1.75. The monoisotopic (exact) mass is 1800 g/mol. The zero-order chi connectivity index (χ0) is 95.9. The lowest BCUT2D eigenvalue weighted by molar-refractivity contribution is -0.219. The summed E-state index contributed by atoms with van der Waals surface area (Å²) in [5.74, 6) is -6.10. The fourth-order valence-corrected chi connectivity index (χ4v) is 18.3. The molecule has 0 saturated heterocycles. The van der Waals surface area contributed by atoms with Gasteiger partial charge in [0.15, 0.2) is 10.9 Å². The fourth-order valence-electron chi connectivity index (χ4n) is 18.3. The highest BCUT2D eigenvalue weighted by Crippen LogP contribution is 2.51. The van der Waals surface area contributed by atoms with E-state index in [1.165, 1.54) is 117 Å². The SMILES string of the molecule is CN1C(=O)c2ccc(C(F)(c3ccc4c(c3)C(=O)N(C)C4=O)C(F)(F)F)cc2C1=O.CN1C(=O)c2ccc3c4c(ccc(c24)C1=O)C(=O)N(C)C3=O.CN1C(=O)c2ccc3c4ccc5c6c(ccc(c7ccc(c2c37)C1=O)c64)C(=O)N(C)C5=O.Cn1c(=O)c2cc3c(=O)c4cc5c(=O)n(C)c(=O)c5cc4c(=O)c3cc2c1=O.Cn1c(=O)c2cc3c(=O)n(C)c(=O)c3cc2c1=O.FCF. The van der Waals surface area contributed by atoms with E-state index in [9.17, 15) is 127 Å². The second-order valence-corrected chi connectivity index (χ2v) is 32.2. The van der Waals surface area contributed by atoms with E-state index in [0.29, 0.717) is 78.2 Å². The maximum atomic E-state index is 15.8. The molecule has 10 heterocycles. The predicted octanol–water partition coefficient (Wildman–Crippen LogP) is 7.71. The van der Waals surface area contributed by atoms with E-state index >= 15 is 4.39 Å². The predicted molar refractivity (Wildman–Crippen MR) is 470 cm³/mol. The van der Waals surface area contributed by atoms with Crippen molar-refractivity contribution < 1.29 is 83.9 Å². The molecule has 6 aliphatic heterocycles. The molecule has 0 saturated carbocycles. The van der Waals surface area contributed by atoms with Crippen LogP contribution in [0.15, 0.2) is 194 Å². The molecule has 133 heavy (non-hydrogen) atoms. The van der Waals surface area contributed by atoms with Gasteiger partial charge in [0.1, 0.15) is 0 Å². The molecule has 23 rings (SSSR count). The Balaban J connectivity index is 0.000000112. The van der Waals surface area contributed by atoms with Gasteiger partial charge in [-0.2, -0.15) is 13.2 Å². The van der Waals surface area contributed by atoms with Gasteiger partial charge in [-0.15, -0.1) is 0 Å². The van der Waals surface area contributed by atoms with E-state index in [4.69, 9.17) is 0 Å². The van der Waals surface area contributed by atoms with Gasteiger partial charge in [-0.1, -0.05) is 36.4 Å². The summed E-state index contributed by atoms with van der Waals surface area (Å²) in [5, 5.41) is 8.35. The van der Waals surface area contributed by atoms with Crippen LogP contribution in [0.4, 0.5) is 26.3 Å². The molecule has 0 N–H and O–H groups in total. The average molecular weight is 1800 g/mol. The zero-order valence-electron chi connectivity index (χ0n) is 70.3. The molecule has 0 fully saturated rings. The lowest BCUT2D eigenvalue weighted by Gasteiger charge is -2.29. The molecular weight excluding hydrogens is 1750 g/mol. The number of alkyl halides is 6. The normalized spacial score (nSPS) is 14.6. The molecule has 6 aliphatic rings. The first-order valence-corrected chi connectivity index (χ1v) is 39.6. The van der Waals surface area contributed by atoms with Crippen molar-refractivity contribution in [1.82, 2.24) is 47.7 Å². The number of hydrogen-bond acceptors (Lipinski definition) is 22. The molecule has 32 nitrogen and oxygen atoms in total. The van der Waals surface area contributed by atoms with Crippen molar-refractivity contribution in [1.29, 1.82) is 0 Å². The fraction of sp³-hybridized carbons (Fsp3) is 0.137. The Hall–Kier alpha value is -17.5. The van der Waals surface area contributed by atoms with Crippen LogP contribution in [0.2, 0.25) is 0 Å². The molecule has 0 atom stereocenters. The maximum Gasteiger partial charge on any atom is 0.431 e. The molecule has 0 spiro atoms. The van der Waals surface area contributed by atoms with Crippen LogP contribution in [0.3, 0.4) is 0 Å². The zero-order valence-corrected chi connectivity index (χ0v) is 70.3. The van der Waals surface area contributed by atoms with Gasteiger partial charge in [-0.25, -0.2) is 13.2 Å². The van der Waals surface area contributed by atoms with Gasteiger partial charge in [-0.05, 0) is 142 Å². The highest BCUT2D eigenvalue weighted by molar-refractivity contribution is 6.42. The summed E-state index contributed by atoms with van der Waals surface area (Å²) < 4.78 is 80.8. The average Bonchev–Trinajstić information content (AvgIpc) is 1.27. The third-order valence-corrected chi connectivity index (χ3v) is 25.4. The van der Waals surface area contributed by atoms with Crippen LogP contribution < -0.4 is 55.3 Å². The molecule has 4 aromatic heterocycles. The van der Waals surface area contributed by atoms with E-state index in [0.717, 1.165) is 118 Å². The van der Waals surface area contributed by atoms with E-state index in [1.54, 1.807) is 24.3 Å². The number of carbonyl (C=O) groups is 12. The first-order chi connectivity index (χ1) is 62.8. The number of imide groups is 6. The van der Waals surface area contributed by atoms with Crippen LogP contribution in [0, 0.1) is 0 Å². The Labute approximate surface area is 733 Å². The third kappa shape index (κ3) is 11.7. The van der Waals surface area contributed by atoms with Gasteiger partial charge < -0.3 is 0 Å². The number of rotatable bonds is 2. The standard InChI is InChI=1S/C26H14N2O4.C20H12F4N2O4.C20H10N2O6.C16H10N2O4.C12H8N2O4.CH2F2/c1-27-23(29)15-7-3-11-13-5-9-17-22-18(26(32)28(2)25(17)31)10-6-14(20(13)22)12-4-8-16(24(27)30)21(15)19(11)12;1-25-15(27)11-5-3-9(7-13(11)17(25)29)19(21,20(22,23)24)10-4-6-12-14(8-10)18(30)26(2)16(12)28;1-21-17(25)11-3-7-8(4-12(11)18(21)26)16(24)10-6-14-13(5-9(10)15(7)23)19(27)22(2)20(14)28;1-17-13(19)7-3-5-9-12-10(16(22)18(2)15(9)21)6-4-8(11(7)12)14(17)20;1-13-9(15)5-3-7-8(4-6(5)10(13)16)12(18)14(2)11(7)17;2-1-3/h3-10H,1-2H3;3-8H,1-2H3;3-6H,1-2H3;3-6H,1-2H3;3-4H,1-2H3;1H2. The van der Waals surface area contributed by atoms with E-state index in [-0.39, 0.29) is 111 Å². The summed E-state index contributed by atoms with van der Waals surface area (Å²) >= 11 is 0. The Morgan fingerprint density at radius 2 is 0.353 bits per heavy atom. The largest absolute Gasteiger partial charge is 0.431 e. The number of nitrogens with zero attached hydrogens (tertiary/aromatic N) is 10. The number of aromatic nitrogens is 4. The molecule has 660 valence electrons. The number of hydrogen-bond donors (Lipinski definition) is 0. The van der Waals surface area contributed by atoms with Crippen molar-refractivity contribution in [2.24, 2.45) is 28.2 Å². The minimum absolute atomic E-state index is 0.00206. The minimum atomic E-state index is -5.47. The molecule has 0 bridgehead atoms. The second kappa shape index (κ2) is 29.5. The van der Waals surface area contributed by atoms with Crippen molar-refractivity contribution in [3.05, 3.63) is 327 Å². The maximum absolute atomic E-state index is 15.8. The highest BCUT2D eigenvalue weighted by Gasteiger charge is 2.60. The molecule has 0 radical (unpaired) electrons. The van der Waals surface area contributed by atoms with E-state index < -0.39 is 132 Å². The van der Waals surface area contributed by atoms with Crippen LogP contribution in [-0.4, -0.2) is 174 Å². The minimum Gasteiger partial charge on any atom is -0.289 e. The second-order valence-electron chi connectivity index (χ2n) is 32.2. The number of amides is 12. The molecule has 0 aliphatic carbocycles. The third-order valence-electron chi connectivity index (χ3n) is 25.4. The molecule has 12 amide bonds. The highest BCUT2D eigenvalue weighted by atomic mass is 19.4. The molecule has 17 aromatic rings. The summed E-state index contributed by atoms with van der Waals surface area (Å²) in [4.78, 5) is 277. The number of carbonyl (C=O) groups excluding carboxylic acids is 12. The van der Waals surface area contributed by atoms with Crippen molar-refractivity contribution in [3.63, 3.8) is 0 Å². The van der Waals surface area contributed by atoms with Gasteiger partial charge in [-0.3, -0.25) is 153 Å². The Morgan fingerprint density at radius 3 is 0.549 bits per heavy atom. The Morgan fingerprint density at radius 1 is 0.195 bits per heavy atom. The van der Waals surface area contributed by atoms with E-state index in [2.05, 4.69) is 0 Å². The van der Waals surface area contributed by atoms with Gasteiger partial charge in [0, 0.05) is 169 Å². The molecule has 13 aromatic carbocycles. The summed E-state index contributed by atoms with van der Waals surface area (Å²) in [6.07, 6.45) is -5.47. The Bertz CT molecular complexity index is 8290. The quantitative estimate of drug-likeness (QED) is 0.0691. The van der Waals surface area contributed by atoms with Crippen LogP contribution in [0.25, 0.3) is 118 Å². The van der Waals surface area contributed by atoms with E-state index in [1.807, 2.05) is 24.3 Å². The van der Waals surface area contributed by atoms with Crippen LogP contribution in [0.5, 0.6) is 0 Å². The van der Waals surface area contributed by atoms with Crippen molar-refractivity contribution in [2.75, 3.05) is 49.2 Å². The first kappa shape index (κ1) is 86.3. The van der Waals surface area contributed by atoms with Crippen LogP contribution in [-0.2, 0) is 33.9 Å². The lowest BCUT2D eigenvalue weighted by atomic mass is 9.82. The molecule has 38 heteroatoms. The van der Waals surface area contributed by atoms with Crippen molar-refractivity contribution in [3.8, 4) is 0 Å². The molecule has 0 unspecified atom stereocenters. The first-order valence-electron chi connectivity index (χ1n) is 39.6. The summed E-state index contributed by atoms with van der Waals surface area (Å²) in [6, 6.07) is 33.4. The summed E-state index contributed by atoms with van der Waals surface area (Å²) in [5.41, 5.74) is -8.63.